The molecule has 0 spiro atoms. The third kappa shape index (κ3) is 11.6. The Morgan fingerprint density at radius 2 is 1.42 bits per heavy atom. The minimum absolute atomic E-state index is 0.0128. The van der Waals surface area contributed by atoms with Crippen molar-refractivity contribution in [1.29, 1.82) is 0 Å². The second kappa shape index (κ2) is 16.4. The summed E-state index contributed by atoms with van der Waals surface area (Å²) in [6.07, 6.45) is 3.04. The molecule has 2 saturated carbocycles. The van der Waals surface area contributed by atoms with Gasteiger partial charge in [0.05, 0.1) is 12.1 Å². The van der Waals surface area contributed by atoms with Crippen molar-refractivity contribution in [2.45, 2.75) is 129 Å². The number of alkyl halides is 3. The number of amides is 5. The maximum Gasteiger partial charge on any atom is 0.388 e. The molecule has 0 radical (unpaired) electrons. The molecule has 3 rings (SSSR count). The number of carbonyl (C=O) groups is 6. The van der Waals surface area contributed by atoms with Crippen molar-refractivity contribution in [3.8, 4) is 0 Å². The highest BCUT2D eigenvalue weighted by atomic mass is 19.4. The van der Waals surface area contributed by atoms with Crippen LogP contribution >= 0.6 is 0 Å². The van der Waals surface area contributed by atoms with Crippen LogP contribution in [0.5, 0.6) is 0 Å². The van der Waals surface area contributed by atoms with E-state index in [4.69, 9.17) is 0 Å². The zero-order valence-electron chi connectivity index (χ0n) is 27.3. The lowest BCUT2D eigenvalue weighted by atomic mass is 9.81. The van der Waals surface area contributed by atoms with Crippen molar-refractivity contribution in [3.63, 3.8) is 0 Å². The fourth-order valence-electron chi connectivity index (χ4n) is 5.64. The summed E-state index contributed by atoms with van der Waals surface area (Å²) in [7, 11) is 1.33. The van der Waals surface area contributed by atoms with E-state index in [2.05, 4.69) is 21.3 Å². The van der Waals surface area contributed by atoms with E-state index in [1.807, 2.05) is 20.8 Å². The van der Waals surface area contributed by atoms with Crippen molar-refractivity contribution in [1.82, 2.24) is 26.2 Å². The van der Waals surface area contributed by atoms with Crippen molar-refractivity contribution in [3.05, 3.63) is 0 Å². The number of carbonyl (C=O) groups excluding carboxylic acids is 6. The van der Waals surface area contributed by atoms with E-state index in [1.54, 1.807) is 0 Å². The molecule has 256 valence electrons. The lowest BCUT2D eigenvalue weighted by Gasteiger charge is -2.36. The van der Waals surface area contributed by atoms with Crippen LogP contribution < -0.4 is 21.3 Å². The second-order valence-electron chi connectivity index (χ2n) is 13.3. The molecule has 14 heteroatoms. The summed E-state index contributed by atoms with van der Waals surface area (Å²) in [4.78, 5) is 78.3. The predicted molar refractivity (Wildman–Crippen MR) is 161 cm³/mol. The maximum absolute atomic E-state index is 13.8. The zero-order valence-corrected chi connectivity index (χ0v) is 27.3. The van der Waals surface area contributed by atoms with Crippen LogP contribution in [0.3, 0.4) is 0 Å². The molecule has 4 atom stereocenters. The molecule has 0 aromatic carbocycles. The molecule has 0 aromatic rings. The second-order valence-corrected chi connectivity index (χ2v) is 13.3. The first-order chi connectivity index (χ1) is 20.9. The van der Waals surface area contributed by atoms with E-state index in [9.17, 15) is 41.9 Å². The van der Waals surface area contributed by atoms with Crippen LogP contribution in [0.25, 0.3) is 0 Å². The summed E-state index contributed by atoms with van der Waals surface area (Å²) < 4.78 is 32.4. The molecular weight excluding hydrogens is 595 g/mol. The third-order valence-electron chi connectivity index (χ3n) is 8.52. The van der Waals surface area contributed by atoms with Crippen molar-refractivity contribution in [2.24, 2.45) is 17.3 Å². The maximum atomic E-state index is 13.8. The number of halogens is 3. The Bertz CT molecular complexity index is 1080. The quantitative estimate of drug-likeness (QED) is 0.267. The number of hydrogen-bond donors (Lipinski definition) is 4. The van der Waals surface area contributed by atoms with Crippen LogP contribution in [0.1, 0.15) is 98.8 Å². The van der Waals surface area contributed by atoms with Gasteiger partial charge in [-0.1, -0.05) is 47.0 Å². The Morgan fingerprint density at radius 3 is 1.91 bits per heavy atom. The van der Waals surface area contributed by atoms with E-state index in [0.717, 1.165) is 51.9 Å². The monoisotopic (exact) mass is 645 g/mol. The van der Waals surface area contributed by atoms with Crippen LogP contribution in [0, 0.1) is 17.3 Å². The summed E-state index contributed by atoms with van der Waals surface area (Å²) in [6.45, 7) is 8.33. The van der Waals surface area contributed by atoms with E-state index >= 15 is 0 Å². The summed E-state index contributed by atoms with van der Waals surface area (Å²) in [5.74, 6) is -2.30. The fourth-order valence-corrected chi connectivity index (χ4v) is 5.64. The molecule has 4 unspecified atom stereocenters. The van der Waals surface area contributed by atoms with Crippen molar-refractivity contribution >= 4 is 35.3 Å². The van der Waals surface area contributed by atoms with Gasteiger partial charge in [0.25, 0.3) is 5.91 Å². The van der Waals surface area contributed by atoms with Crippen molar-refractivity contribution in [2.75, 3.05) is 13.6 Å². The van der Waals surface area contributed by atoms with Gasteiger partial charge in [0.2, 0.25) is 17.6 Å². The van der Waals surface area contributed by atoms with Gasteiger partial charge in [-0.05, 0) is 56.8 Å². The van der Waals surface area contributed by atoms with Crippen LogP contribution in [-0.4, -0.2) is 84.2 Å². The minimum atomic E-state index is -3.96. The highest BCUT2D eigenvalue weighted by Gasteiger charge is 2.44. The molecule has 3 fully saturated rings. The average molecular weight is 646 g/mol. The zero-order chi connectivity index (χ0) is 34.1. The molecule has 1 aliphatic heterocycles. The van der Waals surface area contributed by atoms with Gasteiger partial charge in [-0.25, -0.2) is 4.79 Å². The highest BCUT2D eigenvalue weighted by molar-refractivity contribution is 6.38. The summed E-state index contributed by atoms with van der Waals surface area (Å²) in [6, 6.07) is -3.92. The normalized spacial score (nSPS) is 20.9. The Labute approximate surface area is 263 Å². The molecule has 0 bridgehead atoms. The van der Waals surface area contributed by atoms with Gasteiger partial charge in [-0.2, -0.15) is 13.2 Å². The number of rotatable bonds is 10. The lowest BCUT2D eigenvalue weighted by Crippen LogP contribution is -2.61. The first-order valence-corrected chi connectivity index (χ1v) is 16.0. The van der Waals surface area contributed by atoms with Crippen molar-refractivity contribution < 1.29 is 41.9 Å². The van der Waals surface area contributed by atoms with Gasteiger partial charge in [0, 0.05) is 25.9 Å². The standard InChI is InChI=1S/C28H45N5O6.C3H5F3/c1-16(21(34)25(37)29-5)30-24(36)19-12-9-15-33(19)26(38)23(28(2,3)4)32-27(39)31-20(22(35)18-13-14-18)17-10-7-6-8-11-17;1-2-3(4,5)6/h16-20,23H,6-15H2,1-5H3,(H,29,37)(H,30,36)(H2,31,32,39);2H2,1H3. The predicted octanol–water partition coefficient (Wildman–Crippen LogP) is 3.40. The number of Topliss-reactive ketones (excluding diaryl/α,β-unsaturated/α-hetero) is 2. The lowest BCUT2D eigenvalue weighted by molar-refractivity contribution is -0.143. The van der Waals surface area contributed by atoms with Gasteiger partial charge in [0.1, 0.15) is 12.1 Å². The minimum Gasteiger partial charge on any atom is -0.353 e. The number of hydrogen-bond acceptors (Lipinski definition) is 6. The largest absolute Gasteiger partial charge is 0.388 e. The Kier molecular flexibility index (Phi) is 13.8. The number of urea groups is 1. The van der Waals surface area contributed by atoms with E-state index in [1.165, 1.54) is 18.9 Å². The van der Waals surface area contributed by atoms with Gasteiger partial charge in [-0.3, -0.25) is 24.0 Å². The first-order valence-electron chi connectivity index (χ1n) is 16.0. The third-order valence-corrected chi connectivity index (χ3v) is 8.52. The Balaban J connectivity index is 0.00000107. The molecule has 1 saturated heterocycles. The molecule has 2 aliphatic carbocycles. The van der Waals surface area contributed by atoms with Crippen LogP contribution in [0.2, 0.25) is 0 Å². The van der Waals surface area contributed by atoms with Crippen LogP contribution in [-0.2, 0) is 24.0 Å². The Morgan fingerprint density at radius 1 is 0.844 bits per heavy atom. The van der Waals surface area contributed by atoms with Gasteiger partial charge < -0.3 is 26.2 Å². The fraction of sp³-hybridized carbons (Fsp3) is 0.806. The first kappa shape index (κ1) is 38.0. The number of nitrogens with zero attached hydrogens (tertiary/aromatic N) is 1. The SMILES string of the molecule is CCC(F)(F)F.CNC(=O)C(=O)C(C)NC(=O)C1CCCN1C(=O)C(NC(=O)NC(C(=O)C1CC1)C1CCCCC1)C(C)(C)C. The summed E-state index contributed by atoms with van der Waals surface area (Å²) >= 11 is 0. The van der Waals surface area contributed by atoms with Crippen LogP contribution in [0.4, 0.5) is 18.0 Å². The van der Waals surface area contributed by atoms with Gasteiger partial charge in [-0.15, -0.1) is 0 Å². The topological polar surface area (TPSA) is 154 Å². The average Bonchev–Trinajstić information content (AvgIpc) is 3.72. The van der Waals surface area contributed by atoms with Gasteiger partial charge in [0.15, 0.2) is 5.78 Å². The van der Waals surface area contributed by atoms with E-state index in [-0.39, 0.29) is 17.6 Å². The molecule has 1 heterocycles. The Hall–Kier alpha value is -3.19. The van der Waals surface area contributed by atoms with E-state index < -0.39 is 71.7 Å². The molecule has 45 heavy (non-hydrogen) atoms. The number of likely N-dealkylation sites (N-methyl/N-ethyl adjacent to an activating group) is 1. The van der Waals surface area contributed by atoms with Gasteiger partial charge >= 0.3 is 12.2 Å². The number of likely N-dealkylation sites (tertiary alicyclic amines) is 1. The molecule has 4 N–H and O–H groups in total. The number of nitrogens with one attached hydrogen (secondary N) is 4. The molecule has 5 amide bonds. The van der Waals surface area contributed by atoms with E-state index in [0.29, 0.717) is 19.4 Å². The summed E-state index contributed by atoms with van der Waals surface area (Å²) in [5.41, 5.74) is -0.679. The molecule has 0 aromatic heterocycles. The molecule has 3 aliphatic rings. The van der Waals surface area contributed by atoms with Crippen LogP contribution in [0.15, 0.2) is 0 Å². The highest BCUT2D eigenvalue weighted by Crippen LogP contribution is 2.35. The summed E-state index contributed by atoms with van der Waals surface area (Å²) in [5, 5.41) is 10.5. The molecule has 11 nitrogen and oxygen atoms in total. The molecular formula is C31H50F3N5O6. The number of ketones is 2. The smallest absolute Gasteiger partial charge is 0.353 e.